The smallest absolute Gasteiger partial charge is 0.246 e. The molecule has 1 heterocycles. The molecule has 0 spiro atoms. The first-order chi connectivity index (χ1) is 13.3. The zero-order valence-corrected chi connectivity index (χ0v) is 17.8. The first kappa shape index (κ1) is 21.9. The Morgan fingerprint density at radius 2 is 1.75 bits per heavy atom. The highest BCUT2D eigenvalue weighted by Gasteiger charge is 2.30. The molecule has 0 radical (unpaired) electrons. The largest absolute Gasteiger partial charge is 0.492 e. The summed E-state index contributed by atoms with van der Waals surface area (Å²) in [5.74, 6) is 0.658. The molecule has 0 fully saturated rings. The van der Waals surface area contributed by atoms with Crippen molar-refractivity contribution in [2.45, 2.75) is 52.0 Å². The Morgan fingerprint density at radius 3 is 2.29 bits per heavy atom. The summed E-state index contributed by atoms with van der Waals surface area (Å²) >= 11 is 0. The number of sulfonamides is 1. The van der Waals surface area contributed by atoms with Gasteiger partial charge in [0.2, 0.25) is 10.0 Å². The molecular weight excluding hydrogens is 376 g/mol. The number of hydrogen-bond donors (Lipinski definition) is 0. The summed E-state index contributed by atoms with van der Waals surface area (Å²) in [5, 5.41) is 13.3. The van der Waals surface area contributed by atoms with Gasteiger partial charge < -0.3 is 4.74 Å². The molecule has 2 rings (SSSR count). The van der Waals surface area contributed by atoms with E-state index in [2.05, 4.69) is 11.2 Å². The molecule has 0 aliphatic heterocycles. The maximum Gasteiger partial charge on any atom is 0.246 e. The van der Waals surface area contributed by atoms with Gasteiger partial charge in [-0.2, -0.15) is 14.7 Å². The maximum atomic E-state index is 13.1. The second-order valence-electron chi connectivity index (χ2n) is 6.61. The molecule has 0 aliphatic rings. The van der Waals surface area contributed by atoms with E-state index in [-0.39, 0.29) is 0 Å². The van der Waals surface area contributed by atoms with Crippen molar-refractivity contribution in [1.29, 1.82) is 5.26 Å². The molecule has 0 saturated heterocycles. The normalized spacial score (nSPS) is 11.6. The molecule has 1 aromatic heterocycles. The van der Waals surface area contributed by atoms with E-state index in [0.29, 0.717) is 53.8 Å². The van der Waals surface area contributed by atoms with Crippen LogP contribution in [0.15, 0.2) is 29.2 Å². The minimum atomic E-state index is -3.57. The minimum Gasteiger partial charge on any atom is -0.492 e. The Bertz CT molecular complexity index is 922. The van der Waals surface area contributed by atoms with Crippen LogP contribution in [0.25, 0.3) is 0 Å². The van der Waals surface area contributed by atoms with E-state index in [1.807, 2.05) is 13.8 Å². The number of ether oxygens (including phenoxy) is 1. The lowest BCUT2D eigenvalue weighted by molar-refractivity contribution is 0.289. The van der Waals surface area contributed by atoms with Crippen LogP contribution in [0.5, 0.6) is 5.75 Å². The van der Waals surface area contributed by atoms with Crippen LogP contribution in [-0.2, 0) is 16.6 Å². The van der Waals surface area contributed by atoms with Gasteiger partial charge in [0.25, 0.3) is 0 Å². The summed E-state index contributed by atoms with van der Waals surface area (Å²) in [5.41, 5.74) is 1.70. The predicted octanol–water partition coefficient (Wildman–Crippen LogP) is 3.26. The van der Waals surface area contributed by atoms with E-state index >= 15 is 0 Å². The van der Waals surface area contributed by atoms with Crippen molar-refractivity contribution in [3.8, 4) is 11.8 Å². The molecule has 152 valence electrons. The summed E-state index contributed by atoms with van der Waals surface area (Å²) in [6.07, 6.45) is 1.54. The quantitative estimate of drug-likeness (QED) is 0.606. The lowest BCUT2D eigenvalue weighted by Gasteiger charge is -2.21. The van der Waals surface area contributed by atoms with E-state index in [1.165, 1.54) is 0 Å². The van der Waals surface area contributed by atoms with Gasteiger partial charge in [-0.15, -0.1) is 0 Å². The van der Waals surface area contributed by atoms with Crippen LogP contribution in [0.4, 0.5) is 0 Å². The standard InChI is InChI=1S/C20H28N4O3S/c1-5-11-23(12-6-2)28(25,26)20-16(3)22-24(17(20)4)13-14-27-19-9-7-18(15-21)8-10-19/h7-10H,5-6,11-14H2,1-4H3. The minimum absolute atomic E-state index is 0.299. The van der Waals surface area contributed by atoms with E-state index in [0.717, 1.165) is 12.8 Å². The van der Waals surface area contributed by atoms with E-state index in [9.17, 15) is 8.42 Å². The zero-order chi connectivity index (χ0) is 20.7. The Kier molecular flexibility index (Phi) is 7.61. The fraction of sp³-hybridized carbons (Fsp3) is 0.500. The Morgan fingerprint density at radius 1 is 1.14 bits per heavy atom. The number of hydrogen-bond acceptors (Lipinski definition) is 5. The van der Waals surface area contributed by atoms with Crippen molar-refractivity contribution >= 4 is 10.0 Å². The van der Waals surface area contributed by atoms with Crippen LogP contribution >= 0.6 is 0 Å². The van der Waals surface area contributed by atoms with Gasteiger partial charge >= 0.3 is 0 Å². The van der Waals surface area contributed by atoms with Crippen molar-refractivity contribution in [2.75, 3.05) is 19.7 Å². The van der Waals surface area contributed by atoms with Gasteiger partial charge in [-0.1, -0.05) is 13.8 Å². The molecule has 0 saturated carbocycles. The van der Waals surface area contributed by atoms with Crippen LogP contribution in [-0.4, -0.2) is 42.2 Å². The molecule has 0 N–H and O–H groups in total. The molecule has 7 nitrogen and oxygen atoms in total. The van der Waals surface area contributed by atoms with E-state index in [1.54, 1.807) is 47.1 Å². The first-order valence-corrected chi connectivity index (χ1v) is 11.0. The molecule has 0 atom stereocenters. The van der Waals surface area contributed by atoms with Crippen molar-refractivity contribution in [3.05, 3.63) is 41.2 Å². The number of benzene rings is 1. The van der Waals surface area contributed by atoms with Crippen molar-refractivity contribution in [1.82, 2.24) is 14.1 Å². The van der Waals surface area contributed by atoms with Crippen molar-refractivity contribution < 1.29 is 13.2 Å². The third kappa shape index (κ3) is 4.91. The van der Waals surface area contributed by atoms with Gasteiger partial charge in [0.1, 0.15) is 17.3 Å². The molecule has 0 unspecified atom stereocenters. The van der Waals surface area contributed by atoms with Gasteiger partial charge in [0, 0.05) is 13.1 Å². The zero-order valence-electron chi connectivity index (χ0n) is 17.0. The lowest BCUT2D eigenvalue weighted by Crippen LogP contribution is -2.33. The van der Waals surface area contributed by atoms with Crippen LogP contribution in [0.3, 0.4) is 0 Å². The number of nitrogens with zero attached hydrogens (tertiary/aromatic N) is 4. The topological polar surface area (TPSA) is 88.2 Å². The summed E-state index contributed by atoms with van der Waals surface area (Å²) in [4.78, 5) is 0.299. The Hall–Kier alpha value is -2.37. The first-order valence-electron chi connectivity index (χ1n) is 9.52. The number of aryl methyl sites for hydroxylation is 1. The molecule has 8 heteroatoms. The summed E-state index contributed by atoms with van der Waals surface area (Å²) in [6.45, 7) is 9.25. The second-order valence-corrected chi connectivity index (χ2v) is 8.49. The second kappa shape index (κ2) is 9.71. The average molecular weight is 405 g/mol. The van der Waals surface area contributed by atoms with Gasteiger partial charge in [-0.25, -0.2) is 8.42 Å². The molecule has 28 heavy (non-hydrogen) atoms. The SMILES string of the molecule is CCCN(CCC)S(=O)(=O)c1c(C)nn(CCOc2ccc(C#N)cc2)c1C. The van der Waals surface area contributed by atoms with Crippen molar-refractivity contribution in [3.63, 3.8) is 0 Å². The van der Waals surface area contributed by atoms with Gasteiger partial charge in [0.05, 0.1) is 29.6 Å². The predicted molar refractivity (Wildman–Crippen MR) is 108 cm³/mol. The van der Waals surface area contributed by atoms with Crippen molar-refractivity contribution in [2.24, 2.45) is 0 Å². The fourth-order valence-electron chi connectivity index (χ4n) is 3.13. The Labute approximate surface area is 167 Å². The highest BCUT2D eigenvalue weighted by Crippen LogP contribution is 2.24. The molecule has 1 aromatic carbocycles. The van der Waals surface area contributed by atoms with E-state index < -0.39 is 10.0 Å². The molecule has 0 amide bonds. The van der Waals surface area contributed by atoms with Gasteiger partial charge in [-0.3, -0.25) is 4.68 Å². The van der Waals surface area contributed by atoms with Crippen LogP contribution in [0.2, 0.25) is 0 Å². The fourth-order valence-corrected chi connectivity index (χ4v) is 5.12. The maximum absolute atomic E-state index is 13.1. The van der Waals surface area contributed by atoms with E-state index in [4.69, 9.17) is 10.00 Å². The van der Waals surface area contributed by atoms with Crippen LogP contribution in [0, 0.1) is 25.2 Å². The summed E-state index contributed by atoms with van der Waals surface area (Å²) < 4.78 is 35.2. The molecule has 0 bridgehead atoms. The number of nitriles is 1. The molecule has 2 aromatic rings. The summed E-state index contributed by atoms with van der Waals surface area (Å²) in [7, 11) is -3.57. The average Bonchev–Trinajstić information content (AvgIpc) is 2.96. The third-order valence-electron chi connectivity index (χ3n) is 4.41. The highest BCUT2D eigenvalue weighted by molar-refractivity contribution is 7.89. The third-order valence-corrected chi connectivity index (χ3v) is 6.57. The number of rotatable bonds is 10. The summed E-state index contributed by atoms with van der Waals surface area (Å²) in [6, 6.07) is 8.93. The number of aromatic nitrogens is 2. The van der Waals surface area contributed by atoms with Gasteiger partial charge in [0.15, 0.2) is 0 Å². The monoisotopic (exact) mass is 404 g/mol. The van der Waals surface area contributed by atoms with Crippen LogP contribution in [0.1, 0.15) is 43.6 Å². The molecular formula is C20H28N4O3S. The Balaban J connectivity index is 2.14. The lowest BCUT2D eigenvalue weighted by atomic mass is 10.2. The van der Waals surface area contributed by atoms with Gasteiger partial charge in [-0.05, 0) is 51.0 Å². The van der Waals surface area contributed by atoms with Crippen LogP contribution < -0.4 is 4.74 Å². The highest BCUT2D eigenvalue weighted by atomic mass is 32.2. The molecule has 0 aliphatic carbocycles.